The van der Waals surface area contributed by atoms with Gasteiger partial charge in [0.2, 0.25) is 0 Å². The lowest BCUT2D eigenvalue weighted by atomic mass is 9.53. The molecule has 1 unspecified atom stereocenters. The van der Waals surface area contributed by atoms with Gasteiger partial charge >= 0.3 is 6.09 Å². The molecular weight excluding hydrogens is 516 g/mol. The summed E-state index contributed by atoms with van der Waals surface area (Å²) in [6, 6.07) is 11.7. The molecule has 2 aliphatic heterocycles. The molecule has 39 heavy (non-hydrogen) atoms. The third kappa shape index (κ3) is 3.45. The van der Waals surface area contributed by atoms with Gasteiger partial charge in [-0.2, -0.15) is 0 Å². The molecule has 2 fully saturated rings. The number of Topliss-reactive ketones (excluding diaryl/α,β-unsaturated/α-hetero) is 1. The lowest BCUT2D eigenvalue weighted by Crippen LogP contribution is -2.65. The van der Waals surface area contributed by atoms with Crippen LogP contribution in [0.4, 0.5) is 4.79 Å². The lowest BCUT2D eigenvalue weighted by molar-refractivity contribution is -0.128. The number of hydrogen-bond donors (Lipinski definition) is 1. The van der Waals surface area contributed by atoms with E-state index in [1.165, 1.54) is 11.1 Å². The number of nitrogens with zero attached hydrogens (tertiary/aromatic N) is 1. The number of methoxy groups -OCH3 is 1. The van der Waals surface area contributed by atoms with Crippen LogP contribution >= 0.6 is 11.6 Å². The van der Waals surface area contributed by atoms with Crippen molar-refractivity contribution < 1.29 is 23.8 Å². The summed E-state index contributed by atoms with van der Waals surface area (Å²) in [5.74, 6) is 1.70. The second-order valence-electron chi connectivity index (χ2n) is 11.6. The first-order valence-corrected chi connectivity index (χ1v) is 14.3. The van der Waals surface area contributed by atoms with Crippen molar-refractivity contribution in [1.29, 1.82) is 0 Å². The zero-order valence-corrected chi connectivity index (χ0v) is 23.0. The summed E-state index contributed by atoms with van der Waals surface area (Å²) in [5, 5.41) is 3.45. The molecule has 1 saturated heterocycles. The lowest BCUT2D eigenvalue weighted by Gasteiger charge is -2.56. The number of likely N-dealkylation sites (tertiary alicyclic amines) is 1. The number of benzene rings is 2. The largest absolute Gasteiger partial charge is 0.493 e. The first-order valence-electron chi connectivity index (χ1n) is 13.9. The number of likely N-dealkylation sites (N-methyl/N-ethyl adjacent to an activating group) is 1. The molecule has 2 heterocycles. The number of piperidine rings is 1. The summed E-state index contributed by atoms with van der Waals surface area (Å²) < 4.78 is 18.6. The molecule has 1 spiro atoms. The Labute approximate surface area is 233 Å². The number of alkyl carbamates (subject to hydrolysis) is 1. The van der Waals surface area contributed by atoms with Crippen LogP contribution in [0.5, 0.6) is 11.5 Å². The van der Waals surface area contributed by atoms with Crippen LogP contribution in [0.2, 0.25) is 5.02 Å². The van der Waals surface area contributed by atoms with Crippen molar-refractivity contribution in [3.8, 4) is 11.5 Å². The molecule has 1 saturated carbocycles. The Morgan fingerprint density at radius 3 is 2.79 bits per heavy atom. The van der Waals surface area contributed by atoms with E-state index in [1.54, 1.807) is 13.2 Å². The molecule has 2 bridgehead atoms. The summed E-state index contributed by atoms with van der Waals surface area (Å²) in [5.41, 5.74) is 1.62. The Balaban J connectivity index is 1.23. The number of halogens is 1. The fourth-order valence-corrected chi connectivity index (χ4v) is 8.42. The Morgan fingerprint density at radius 1 is 1.15 bits per heavy atom. The average Bonchev–Trinajstić information content (AvgIpc) is 3.28. The van der Waals surface area contributed by atoms with Gasteiger partial charge in [-0.15, -0.1) is 0 Å². The van der Waals surface area contributed by atoms with Crippen LogP contribution in [-0.4, -0.2) is 55.7 Å². The van der Waals surface area contributed by atoms with Gasteiger partial charge < -0.3 is 24.4 Å². The molecule has 2 aromatic carbocycles. The molecule has 8 heteroatoms. The van der Waals surface area contributed by atoms with Crippen molar-refractivity contribution in [3.05, 3.63) is 70.3 Å². The van der Waals surface area contributed by atoms with Gasteiger partial charge in [0.25, 0.3) is 0 Å². The molecule has 6 atom stereocenters. The normalized spacial score (nSPS) is 34.2. The summed E-state index contributed by atoms with van der Waals surface area (Å²) in [6.45, 7) is 0.938. The van der Waals surface area contributed by atoms with Gasteiger partial charge in [0.05, 0.1) is 7.11 Å². The van der Waals surface area contributed by atoms with E-state index < -0.39 is 17.7 Å². The van der Waals surface area contributed by atoms with Crippen LogP contribution in [0.15, 0.2) is 48.6 Å². The summed E-state index contributed by atoms with van der Waals surface area (Å²) in [4.78, 5) is 29.4. The minimum absolute atomic E-state index is 0.0408. The van der Waals surface area contributed by atoms with E-state index in [1.807, 2.05) is 30.3 Å². The number of ether oxygens (including phenoxy) is 3. The van der Waals surface area contributed by atoms with E-state index >= 15 is 0 Å². The highest BCUT2D eigenvalue weighted by Gasteiger charge is 2.65. The third-order valence-electron chi connectivity index (χ3n) is 9.91. The maximum Gasteiger partial charge on any atom is 0.408 e. The smallest absolute Gasteiger partial charge is 0.408 e. The highest BCUT2D eigenvalue weighted by Crippen LogP contribution is 2.62. The molecule has 7 rings (SSSR count). The second-order valence-corrected chi connectivity index (χ2v) is 12.0. The van der Waals surface area contributed by atoms with Crippen LogP contribution in [0.1, 0.15) is 48.8 Å². The van der Waals surface area contributed by atoms with Crippen LogP contribution < -0.4 is 14.8 Å². The minimum Gasteiger partial charge on any atom is -0.493 e. The molecule has 0 aromatic heterocycles. The van der Waals surface area contributed by atoms with Crippen LogP contribution in [0, 0.1) is 5.92 Å². The van der Waals surface area contributed by atoms with E-state index in [-0.39, 0.29) is 23.2 Å². The van der Waals surface area contributed by atoms with Crippen LogP contribution in [-0.2, 0) is 26.9 Å². The number of nitrogens with one attached hydrogen (secondary N) is 1. The molecular formula is C31H33ClN2O5. The second kappa shape index (κ2) is 9.00. The first-order chi connectivity index (χ1) is 18.9. The maximum absolute atomic E-state index is 13.6. The summed E-state index contributed by atoms with van der Waals surface area (Å²) in [6.07, 6.45) is 6.90. The minimum atomic E-state index is -1.20. The van der Waals surface area contributed by atoms with Gasteiger partial charge in [-0.05, 0) is 69.5 Å². The van der Waals surface area contributed by atoms with E-state index in [0.717, 1.165) is 38.0 Å². The van der Waals surface area contributed by atoms with Gasteiger partial charge in [0.15, 0.2) is 23.4 Å². The van der Waals surface area contributed by atoms with Gasteiger partial charge in [0, 0.05) is 39.9 Å². The highest BCUT2D eigenvalue weighted by atomic mass is 35.5. The predicted octanol–water partition coefficient (Wildman–Crippen LogP) is 4.93. The topological polar surface area (TPSA) is 77.1 Å². The molecule has 1 amide bonds. The van der Waals surface area contributed by atoms with Crippen molar-refractivity contribution in [2.45, 2.75) is 67.7 Å². The zero-order chi connectivity index (χ0) is 26.9. The molecule has 0 radical (unpaired) electrons. The number of carbonyl (C=O) groups excluding carboxylic acids is 2. The fraction of sp³-hybridized carbons (Fsp3) is 0.484. The quantitative estimate of drug-likeness (QED) is 0.546. The van der Waals surface area contributed by atoms with Gasteiger partial charge in [0.1, 0.15) is 11.6 Å². The molecule has 3 aliphatic carbocycles. The highest BCUT2D eigenvalue weighted by molar-refractivity contribution is 6.31. The van der Waals surface area contributed by atoms with E-state index in [0.29, 0.717) is 35.2 Å². The first kappa shape index (κ1) is 25.0. The number of ketones is 1. The van der Waals surface area contributed by atoms with Gasteiger partial charge in [-0.3, -0.25) is 4.79 Å². The van der Waals surface area contributed by atoms with Crippen molar-refractivity contribution in [2.24, 2.45) is 5.92 Å². The Kier molecular flexibility index (Phi) is 5.76. The fourth-order valence-electron chi connectivity index (χ4n) is 8.12. The zero-order valence-electron chi connectivity index (χ0n) is 22.2. The third-order valence-corrected chi connectivity index (χ3v) is 10.2. The number of amides is 1. The number of hydrogen-bond acceptors (Lipinski definition) is 6. The van der Waals surface area contributed by atoms with Gasteiger partial charge in [-0.1, -0.05) is 41.9 Å². The summed E-state index contributed by atoms with van der Waals surface area (Å²) in [7, 11) is 3.85. The SMILES string of the molecule is COc1ccc2c3c1O[C@H]1[C@@H](OC(=O)NC4(c5ccccc5Cl)CCCCC4=O)C=C[C@H]4[C@@H](C2)N(C)CC[C@@]341. The van der Waals surface area contributed by atoms with Crippen molar-refractivity contribution in [1.82, 2.24) is 10.2 Å². The predicted molar refractivity (Wildman–Crippen MR) is 146 cm³/mol. The van der Waals surface area contributed by atoms with Crippen LogP contribution in [0.25, 0.3) is 0 Å². The average molecular weight is 549 g/mol. The Hall–Kier alpha value is -3.03. The molecule has 7 nitrogen and oxygen atoms in total. The Bertz CT molecular complexity index is 1390. The molecule has 2 aromatic rings. The molecule has 5 aliphatic rings. The summed E-state index contributed by atoms with van der Waals surface area (Å²) >= 11 is 6.56. The maximum atomic E-state index is 13.6. The standard InChI is InChI=1S/C31H33ClN2O5/c1-34-16-15-30-20-11-13-24(28(30)39-27-23(37-2)12-10-18(26(27)30)17-22(20)34)38-29(36)33-31(14-6-5-9-25(31)35)19-7-3-4-8-21(19)32/h3-4,7-8,10-13,20,22,24,28H,5-6,9,14-17H2,1-2H3,(H,33,36)/t20-,22+,24-,28-,30-,31?/m0/s1. The van der Waals surface area contributed by atoms with Crippen molar-refractivity contribution in [2.75, 3.05) is 20.7 Å². The number of carbonyl (C=O) groups is 2. The van der Waals surface area contributed by atoms with Crippen LogP contribution in [0.3, 0.4) is 0 Å². The monoisotopic (exact) mass is 548 g/mol. The van der Waals surface area contributed by atoms with Crippen molar-refractivity contribution in [3.63, 3.8) is 0 Å². The van der Waals surface area contributed by atoms with Crippen molar-refractivity contribution >= 4 is 23.5 Å². The molecule has 1 N–H and O–H groups in total. The van der Waals surface area contributed by atoms with Gasteiger partial charge in [-0.25, -0.2) is 4.79 Å². The van der Waals surface area contributed by atoms with E-state index in [2.05, 4.69) is 29.4 Å². The van der Waals surface area contributed by atoms with E-state index in [9.17, 15) is 9.59 Å². The number of rotatable bonds is 4. The molecule has 204 valence electrons. The van der Waals surface area contributed by atoms with E-state index in [4.69, 9.17) is 25.8 Å². The Morgan fingerprint density at radius 2 is 2.00 bits per heavy atom.